The van der Waals surface area contributed by atoms with Crippen LogP contribution >= 0.6 is 0 Å². The van der Waals surface area contributed by atoms with Gasteiger partial charge in [0.25, 0.3) is 0 Å². The van der Waals surface area contributed by atoms with Crippen LogP contribution in [-0.4, -0.2) is 22.4 Å². The molecule has 4 fully saturated rings. The van der Waals surface area contributed by atoms with E-state index in [2.05, 4.69) is 10.3 Å². The average Bonchev–Trinajstić information content (AvgIpc) is 3.05. The molecule has 4 bridgehead atoms. The second kappa shape index (κ2) is 6.96. The number of aromatic nitrogens is 1. The number of hydrogen-bond donors (Lipinski definition) is 1. The fourth-order valence-corrected chi connectivity index (χ4v) is 6.57. The van der Waals surface area contributed by atoms with Crippen molar-refractivity contribution in [2.24, 2.45) is 17.3 Å². The molecule has 2 unspecified atom stereocenters. The molecule has 4 saturated carbocycles. The molecule has 0 spiro atoms. The summed E-state index contributed by atoms with van der Waals surface area (Å²) in [6.45, 7) is 3.53. The maximum atomic E-state index is 13.3. The quantitative estimate of drug-likeness (QED) is 0.751. The van der Waals surface area contributed by atoms with Crippen LogP contribution in [0.3, 0.4) is 0 Å². The van der Waals surface area contributed by atoms with Crippen LogP contribution < -0.4 is 5.32 Å². The van der Waals surface area contributed by atoms with Gasteiger partial charge in [-0.2, -0.15) is 0 Å². The highest BCUT2D eigenvalue weighted by molar-refractivity contribution is 5.79. The lowest BCUT2D eigenvalue weighted by atomic mass is 9.47. The maximum Gasteiger partial charge on any atom is 0.312 e. The molecule has 1 amide bonds. The Labute approximate surface area is 176 Å². The highest BCUT2D eigenvalue weighted by Gasteiger charge is 2.61. The summed E-state index contributed by atoms with van der Waals surface area (Å²) < 4.78 is 11.6. The van der Waals surface area contributed by atoms with Crippen LogP contribution in [0.4, 0.5) is 0 Å². The Morgan fingerprint density at radius 2 is 1.87 bits per heavy atom. The van der Waals surface area contributed by atoms with Gasteiger partial charge in [-0.05, 0) is 69.4 Å². The molecule has 1 aromatic carbocycles. The third kappa shape index (κ3) is 3.32. The summed E-state index contributed by atoms with van der Waals surface area (Å²) in [5.41, 5.74) is 0.839. The van der Waals surface area contributed by atoms with Gasteiger partial charge in [-0.25, -0.2) is 4.98 Å². The Balaban J connectivity index is 1.31. The van der Waals surface area contributed by atoms with E-state index in [-0.39, 0.29) is 24.0 Å². The molecule has 0 saturated heterocycles. The van der Waals surface area contributed by atoms with Crippen molar-refractivity contribution >= 4 is 11.9 Å². The molecule has 1 heterocycles. The number of ether oxygens (including phenoxy) is 1. The van der Waals surface area contributed by atoms with Gasteiger partial charge in [-0.3, -0.25) is 9.59 Å². The summed E-state index contributed by atoms with van der Waals surface area (Å²) in [5.74, 6) is 2.04. The van der Waals surface area contributed by atoms with Crippen molar-refractivity contribution in [2.75, 3.05) is 0 Å². The average molecular weight is 408 g/mol. The van der Waals surface area contributed by atoms with E-state index in [9.17, 15) is 9.59 Å². The van der Waals surface area contributed by atoms with E-state index in [1.54, 1.807) is 6.92 Å². The molecule has 4 aliphatic rings. The Hall–Kier alpha value is -2.63. The molecule has 6 nitrogen and oxygen atoms in total. The molecule has 2 aromatic rings. The van der Waals surface area contributed by atoms with E-state index in [1.807, 2.05) is 37.3 Å². The maximum absolute atomic E-state index is 13.3. The van der Waals surface area contributed by atoms with Gasteiger partial charge in [0.15, 0.2) is 0 Å². The summed E-state index contributed by atoms with van der Waals surface area (Å²) >= 11 is 0. The van der Waals surface area contributed by atoms with Crippen LogP contribution in [-0.2, 0) is 20.9 Å². The first-order valence-electron chi connectivity index (χ1n) is 10.8. The molecule has 0 radical (unpaired) electrons. The SMILES string of the molecule is CC(=O)NC12CC3CC(C1)CC(C(=O)OCc1nc(-c4ccccc4)oc1C)(C3)C2. The summed E-state index contributed by atoms with van der Waals surface area (Å²) in [5, 5.41) is 3.20. The van der Waals surface area contributed by atoms with Gasteiger partial charge in [0, 0.05) is 18.0 Å². The first-order valence-corrected chi connectivity index (χ1v) is 10.8. The highest BCUT2D eigenvalue weighted by atomic mass is 16.5. The minimum Gasteiger partial charge on any atom is -0.459 e. The fourth-order valence-electron chi connectivity index (χ4n) is 6.57. The van der Waals surface area contributed by atoms with Crippen molar-refractivity contribution in [1.29, 1.82) is 0 Å². The van der Waals surface area contributed by atoms with Crippen molar-refractivity contribution in [3.05, 3.63) is 41.8 Å². The summed E-state index contributed by atoms with van der Waals surface area (Å²) in [6, 6.07) is 9.70. The third-order valence-corrected chi connectivity index (χ3v) is 7.19. The second-order valence-electron chi connectivity index (χ2n) is 9.67. The molecule has 1 aromatic heterocycles. The van der Waals surface area contributed by atoms with E-state index >= 15 is 0 Å². The lowest BCUT2D eigenvalue weighted by Crippen LogP contribution is -2.64. The number of carbonyl (C=O) groups is 2. The monoisotopic (exact) mass is 408 g/mol. The molecule has 1 N–H and O–H groups in total. The van der Waals surface area contributed by atoms with Crippen LogP contribution in [0.25, 0.3) is 11.5 Å². The van der Waals surface area contributed by atoms with Crippen LogP contribution in [0.15, 0.2) is 34.7 Å². The van der Waals surface area contributed by atoms with Crippen LogP contribution in [0.1, 0.15) is 56.9 Å². The summed E-state index contributed by atoms with van der Waals surface area (Å²) in [6.07, 6.45) is 5.58. The first kappa shape index (κ1) is 19.3. The second-order valence-corrected chi connectivity index (χ2v) is 9.67. The van der Waals surface area contributed by atoms with E-state index in [4.69, 9.17) is 9.15 Å². The van der Waals surface area contributed by atoms with Crippen LogP contribution in [0.2, 0.25) is 0 Å². The normalized spacial score (nSPS) is 31.5. The van der Waals surface area contributed by atoms with Gasteiger partial charge < -0.3 is 14.5 Å². The zero-order chi connectivity index (χ0) is 20.9. The number of rotatable bonds is 5. The number of esters is 1. The standard InChI is InChI=1S/C24H28N2O4/c1-15-20(25-21(30-15)19-6-4-3-5-7-19)13-29-22(28)23-9-17-8-18(10-23)12-24(11-17,14-23)26-16(2)27/h3-7,17-18H,8-14H2,1-2H3,(H,26,27). The smallest absolute Gasteiger partial charge is 0.312 e. The Bertz CT molecular complexity index is 966. The molecule has 0 aliphatic heterocycles. The first-order chi connectivity index (χ1) is 14.4. The predicted octanol–water partition coefficient (Wildman–Crippen LogP) is 4.17. The molecule has 6 heteroatoms. The van der Waals surface area contributed by atoms with Crippen molar-refractivity contribution < 1.29 is 18.7 Å². The van der Waals surface area contributed by atoms with Gasteiger partial charge in [0.2, 0.25) is 11.8 Å². The van der Waals surface area contributed by atoms with Crippen molar-refractivity contribution in [3.8, 4) is 11.5 Å². The van der Waals surface area contributed by atoms with Gasteiger partial charge >= 0.3 is 5.97 Å². The zero-order valence-electron chi connectivity index (χ0n) is 17.6. The number of nitrogens with zero attached hydrogens (tertiary/aromatic N) is 1. The Kier molecular flexibility index (Phi) is 4.49. The van der Waals surface area contributed by atoms with Crippen LogP contribution in [0.5, 0.6) is 0 Å². The number of oxazole rings is 1. The van der Waals surface area contributed by atoms with E-state index in [1.165, 1.54) is 6.42 Å². The molecule has 6 rings (SSSR count). The lowest BCUT2D eigenvalue weighted by molar-refractivity contribution is -0.177. The zero-order valence-corrected chi connectivity index (χ0v) is 17.6. The number of benzene rings is 1. The molecule has 4 aliphatic carbocycles. The van der Waals surface area contributed by atoms with Gasteiger partial charge in [-0.1, -0.05) is 18.2 Å². The summed E-state index contributed by atoms with van der Waals surface area (Å²) in [7, 11) is 0. The number of aryl methyl sites for hydroxylation is 1. The highest BCUT2D eigenvalue weighted by Crippen LogP contribution is 2.62. The van der Waals surface area contributed by atoms with E-state index < -0.39 is 5.41 Å². The van der Waals surface area contributed by atoms with Crippen molar-refractivity contribution in [2.45, 2.75) is 64.5 Å². The van der Waals surface area contributed by atoms with E-state index in [0.717, 1.165) is 31.2 Å². The van der Waals surface area contributed by atoms with Crippen LogP contribution in [0, 0.1) is 24.2 Å². The molecular formula is C24H28N2O4. The number of nitrogens with one attached hydrogen (secondary N) is 1. The molecule has 158 valence electrons. The van der Waals surface area contributed by atoms with Crippen molar-refractivity contribution in [3.63, 3.8) is 0 Å². The number of carbonyl (C=O) groups excluding carboxylic acids is 2. The largest absolute Gasteiger partial charge is 0.459 e. The minimum atomic E-state index is -0.480. The molecular weight excluding hydrogens is 380 g/mol. The minimum absolute atomic E-state index is 0.00729. The Morgan fingerprint density at radius 1 is 1.17 bits per heavy atom. The molecule has 30 heavy (non-hydrogen) atoms. The fraction of sp³-hybridized carbons (Fsp3) is 0.542. The Morgan fingerprint density at radius 3 is 2.53 bits per heavy atom. The van der Waals surface area contributed by atoms with Crippen molar-refractivity contribution in [1.82, 2.24) is 10.3 Å². The predicted molar refractivity (Wildman–Crippen MR) is 110 cm³/mol. The topological polar surface area (TPSA) is 81.4 Å². The summed E-state index contributed by atoms with van der Waals surface area (Å²) in [4.78, 5) is 29.7. The van der Waals surface area contributed by atoms with Gasteiger partial charge in [0.05, 0.1) is 5.41 Å². The number of amides is 1. The van der Waals surface area contributed by atoms with Gasteiger partial charge in [0.1, 0.15) is 18.1 Å². The lowest BCUT2D eigenvalue weighted by Gasteiger charge is -2.60. The van der Waals surface area contributed by atoms with Gasteiger partial charge in [-0.15, -0.1) is 0 Å². The number of hydrogen-bond acceptors (Lipinski definition) is 5. The third-order valence-electron chi connectivity index (χ3n) is 7.19. The van der Waals surface area contributed by atoms with E-state index in [0.29, 0.717) is 35.6 Å². The molecule has 2 atom stereocenters.